The van der Waals surface area contributed by atoms with Crippen LogP contribution in [-0.4, -0.2) is 5.16 Å². The van der Waals surface area contributed by atoms with Gasteiger partial charge in [0.2, 0.25) is 0 Å². The Bertz CT molecular complexity index is 632. The Hall–Kier alpha value is -1.68. The van der Waals surface area contributed by atoms with Crippen LogP contribution < -0.4 is 0 Å². The summed E-state index contributed by atoms with van der Waals surface area (Å²) >= 11 is 11.8. The molecule has 7 heteroatoms. The second-order valence-corrected chi connectivity index (χ2v) is 4.40. The molecule has 0 aliphatic rings. The maximum atomic E-state index is 8.37. The minimum atomic E-state index is 0.182. The van der Waals surface area contributed by atoms with E-state index in [4.69, 9.17) is 33.3 Å². The van der Waals surface area contributed by atoms with E-state index in [1.54, 1.807) is 25.1 Å². The molecule has 5 nitrogen and oxygen atoms in total. The molecule has 92 valence electrons. The van der Waals surface area contributed by atoms with Gasteiger partial charge in [0.05, 0.1) is 16.6 Å². The zero-order chi connectivity index (χ0) is 13.1. The first-order chi connectivity index (χ1) is 8.63. The first-order valence-corrected chi connectivity index (χ1v) is 5.80. The number of benzene rings is 1. The molecule has 0 bridgehead atoms. The highest BCUT2D eigenvalue weighted by Gasteiger charge is 2.14. The van der Waals surface area contributed by atoms with E-state index in [1.807, 2.05) is 0 Å². The maximum absolute atomic E-state index is 8.37. The normalized spacial score (nSPS) is 10.2. The quantitative estimate of drug-likeness (QED) is 0.462. The van der Waals surface area contributed by atoms with Crippen molar-refractivity contribution in [2.24, 2.45) is 5.11 Å². The summed E-state index contributed by atoms with van der Waals surface area (Å²) in [6, 6.07) is 5.16. The van der Waals surface area contributed by atoms with Crippen LogP contribution in [0.1, 0.15) is 11.3 Å². The van der Waals surface area contributed by atoms with Gasteiger partial charge < -0.3 is 4.52 Å². The first kappa shape index (κ1) is 12.8. The maximum Gasteiger partial charge on any atom is 0.137 e. The topological polar surface area (TPSA) is 74.8 Å². The molecule has 18 heavy (non-hydrogen) atoms. The van der Waals surface area contributed by atoms with Crippen LogP contribution in [0.3, 0.4) is 0 Å². The predicted octanol–water partition coefficient (Wildman–Crippen LogP) is 4.77. The highest BCUT2D eigenvalue weighted by molar-refractivity contribution is 6.42. The predicted molar refractivity (Wildman–Crippen MR) is 69.5 cm³/mol. The van der Waals surface area contributed by atoms with Gasteiger partial charge in [-0.1, -0.05) is 39.5 Å². The molecule has 0 radical (unpaired) electrons. The highest BCUT2D eigenvalue weighted by Crippen LogP contribution is 2.31. The zero-order valence-electron chi connectivity index (χ0n) is 9.39. The van der Waals surface area contributed by atoms with Crippen molar-refractivity contribution >= 4 is 23.2 Å². The van der Waals surface area contributed by atoms with Gasteiger partial charge in [0, 0.05) is 16.0 Å². The van der Waals surface area contributed by atoms with Gasteiger partial charge in [-0.2, -0.15) is 0 Å². The molecule has 1 aromatic heterocycles. The van der Waals surface area contributed by atoms with Crippen molar-refractivity contribution < 1.29 is 4.52 Å². The van der Waals surface area contributed by atoms with Crippen LogP contribution in [0.4, 0.5) is 0 Å². The van der Waals surface area contributed by atoms with Crippen molar-refractivity contribution in [2.45, 2.75) is 13.5 Å². The number of rotatable bonds is 3. The Kier molecular flexibility index (Phi) is 3.77. The third kappa shape index (κ3) is 2.43. The molecule has 0 atom stereocenters. The van der Waals surface area contributed by atoms with Crippen molar-refractivity contribution in [3.8, 4) is 11.3 Å². The molecule has 0 saturated carbocycles. The standard InChI is InChI=1S/C11H8Cl2N4O/c1-6-8(5-15-17-14)11(16-18-6)7-2-3-9(12)10(13)4-7/h2-4H,5H2,1H3. The van der Waals surface area contributed by atoms with E-state index in [2.05, 4.69) is 15.2 Å². The van der Waals surface area contributed by atoms with Crippen molar-refractivity contribution in [3.05, 3.63) is 50.0 Å². The lowest BCUT2D eigenvalue weighted by Gasteiger charge is -2.01. The number of aryl methyl sites for hydroxylation is 1. The second kappa shape index (κ2) is 5.31. The monoisotopic (exact) mass is 282 g/mol. The molecule has 0 aliphatic heterocycles. The van der Waals surface area contributed by atoms with E-state index in [0.717, 1.165) is 11.1 Å². The number of aromatic nitrogens is 1. The van der Waals surface area contributed by atoms with Crippen LogP contribution in [-0.2, 0) is 6.54 Å². The average Bonchev–Trinajstić information content (AvgIpc) is 2.72. The van der Waals surface area contributed by atoms with Gasteiger partial charge in [-0.15, -0.1) is 0 Å². The minimum absolute atomic E-state index is 0.182. The Balaban J connectivity index is 2.49. The highest BCUT2D eigenvalue weighted by atomic mass is 35.5. The smallest absolute Gasteiger partial charge is 0.137 e. The van der Waals surface area contributed by atoms with Crippen LogP contribution in [0.2, 0.25) is 10.0 Å². The summed E-state index contributed by atoms with van der Waals surface area (Å²) in [6.07, 6.45) is 0. The molecule has 0 amide bonds. The molecule has 0 saturated heterocycles. The number of hydrogen-bond donors (Lipinski definition) is 0. The lowest BCUT2D eigenvalue weighted by atomic mass is 10.1. The summed E-state index contributed by atoms with van der Waals surface area (Å²) in [5.41, 5.74) is 10.5. The molecular formula is C11H8Cl2N4O. The number of azide groups is 1. The van der Waals surface area contributed by atoms with Gasteiger partial charge in [0.15, 0.2) is 0 Å². The van der Waals surface area contributed by atoms with E-state index in [1.165, 1.54) is 0 Å². The summed E-state index contributed by atoms with van der Waals surface area (Å²) in [5.74, 6) is 0.614. The summed E-state index contributed by atoms with van der Waals surface area (Å²) in [5, 5.41) is 8.38. The Labute approximate surface area is 113 Å². The fourth-order valence-electron chi connectivity index (χ4n) is 1.55. The Morgan fingerprint density at radius 3 is 2.83 bits per heavy atom. The average molecular weight is 283 g/mol. The second-order valence-electron chi connectivity index (χ2n) is 3.58. The van der Waals surface area contributed by atoms with Crippen molar-refractivity contribution in [1.82, 2.24) is 5.16 Å². The van der Waals surface area contributed by atoms with Gasteiger partial charge >= 0.3 is 0 Å². The molecule has 0 unspecified atom stereocenters. The number of halogens is 2. The van der Waals surface area contributed by atoms with Crippen molar-refractivity contribution in [2.75, 3.05) is 0 Å². The zero-order valence-corrected chi connectivity index (χ0v) is 10.9. The van der Waals surface area contributed by atoms with Crippen LogP contribution in [0.25, 0.3) is 21.7 Å². The fourth-order valence-corrected chi connectivity index (χ4v) is 1.85. The van der Waals surface area contributed by atoms with Crippen molar-refractivity contribution in [1.29, 1.82) is 0 Å². The van der Waals surface area contributed by atoms with Gasteiger partial charge in [-0.3, -0.25) is 0 Å². The summed E-state index contributed by atoms with van der Waals surface area (Å²) < 4.78 is 5.11. The van der Waals surface area contributed by atoms with Gasteiger partial charge in [0.25, 0.3) is 0 Å². The third-order valence-electron chi connectivity index (χ3n) is 2.47. The Morgan fingerprint density at radius 2 is 2.17 bits per heavy atom. The molecule has 0 N–H and O–H groups in total. The number of hydrogen-bond acceptors (Lipinski definition) is 3. The Morgan fingerprint density at radius 1 is 1.39 bits per heavy atom. The minimum Gasteiger partial charge on any atom is -0.361 e. The first-order valence-electron chi connectivity index (χ1n) is 5.05. The molecule has 0 fully saturated rings. The van der Waals surface area contributed by atoms with Gasteiger partial charge in [-0.05, 0) is 24.6 Å². The van der Waals surface area contributed by atoms with E-state index >= 15 is 0 Å². The molecular weight excluding hydrogens is 275 g/mol. The third-order valence-corrected chi connectivity index (χ3v) is 3.21. The van der Waals surface area contributed by atoms with E-state index in [9.17, 15) is 0 Å². The van der Waals surface area contributed by atoms with Crippen LogP contribution in [0.15, 0.2) is 27.8 Å². The molecule has 1 heterocycles. The fraction of sp³-hybridized carbons (Fsp3) is 0.182. The molecule has 0 spiro atoms. The number of nitrogens with zero attached hydrogens (tertiary/aromatic N) is 4. The van der Waals surface area contributed by atoms with Crippen LogP contribution in [0.5, 0.6) is 0 Å². The molecule has 2 rings (SSSR count). The molecule has 2 aromatic rings. The van der Waals surface area contributed by atoms with E-state index < -0.39 is 0 Å². The van der Waals surface area contributed by atoms with E-state index in [0.29, 0.717) is 21.5 Å². The SMILES string of the molecule is Cc1onc(-c2ccc(Cl)c(Cl)c2)c1CN=[N+]=[N-]. The van der Waals surface area contributed by atoms with Gasteiger partial charge in [-0.25, -0.2) is 0 Å². The van der Waals surface area contributed by atoms with E-state index in [-0.39, 0.29) is 6.54 Å². The summed E-state index contributed by atoms with van der Waals surface area (Å²) in [6.45, 7) is 1.94. The molecule has 1 aromatic carbocycles. The summed E-state index contributed by atoms with van der Waals surface area (Å²) in [7, 11) is 0. The van der Waals surface area contributed by atoms with Crippen LogP contribution >= 0.6 is 23.2 Å². The van der Waals surface area contributed by atoms with Crippen LogP contribution in [0, 0.1) is 6.92 Å². The summed E-state index contributed by atoms with van der Waals surface area (Å²) in [4.78, 5) is 2.73. The lowest BCUT2D eigenvalue weighted by molar-refractivity contribution is 0.398. The largest absolute Gasteiger partial charge is 0.361 e. The van der Waals surface area contributed by atoms with Crippen molar-refractivity contribution in [3.63, 3.8) is 0 Å². The lowest BCUT2D eigenvalue weighted by Crippen LogP contribution is -1.87. The van der Waals surface area contributed by atoms with Gasteiger partial charge in [0.1, 0.15) is 11.5 Å². The molecule has 0 aliphatic carbocycles.